The van der Waals surface area contributed by atoms with Crippen molar-refractivity contribution in [3.8, 4) is 0 Å². The molecule has 5 heteroatoms. The lowest BCUT2D eigenvalue weighted by Crippen LogP contribution is -2.19. The summed E-state index contributed by atoms with van der Waals surface area (Å²) in [6, 6.07) is 2.08. The van der Waals surface area contributed by atoms with Crippen LogP contribution >= 0.6 is 12.4 Å². The summed E-state index contributed by atoms with van der Waals surface area (Å²) in [5.74, 6) is 0. The zero-order chi connectivity index (χ0) is 12.5. The van der Waals surface area contributed by atoms with Gasteiger partial charge < -0.3 is 10.1 Å². The first kappa shape index (κ1) is 17.4. The average Bonchev–Trinajstić information content (AvgIpc) is 2.71. The van der Waals surface area contributed by atoms with Gasteiger partial charge in [-0.15, -0.1) is 12.4 Å². The van der Waals surface area contributed by atoms with Gasteiger partial charge in [-0.2, -0.15) is 5.10 Å². The molecule has 4 nitrogen and oxygen atoms in total. The molecule has 0 saturated heterocycles. The van der Waals surface area contributed by atoms with E-state index in [2.05, 4.69) is 41.9 Å². The molecule has 1 rings (SSSR count). The minimum absolute atomic E-state index is 0. The van der Waals surface area contributed by atoms with Crippen LogP contribution in [-0.2, 0) is 17.8 Å². The highest BCUT2D eigenvalue weighted by atomic mass is 35.5. The molecule has 0 unspecified atom stereocenters. The minimum atomic E-state index is 0. The fourth-order valence-corrected chi connectivity index (χ4v) is 1.66. The standard InChI is InChI=1S/C13H25N3O.ClH/c1-4-9-16-13(6-8-15-16)11-14-7-5-10-17-12(2)3;/h6,8,12,14H,4-5,7,9-11H2,1-3H3;1H. The van der Waals surface area contributed by atoms with Crippen molar-refractivity contribution in [1.29, 1.82) is 0 Å². The predicted octanol–water partition coefficient (Wildman–Crippen LogP) is 2.62. The number of ether oxygens (including phenoxy) is 1. The molecule has 1 N–H and O–H groups in total. The van der Waals surface area contributed by atoms with Crippen molar-refractivity contribution >= 4 is 12.4 Å². The van der Waals surface area contributed by atoms with Gasteiger partial charge >= 0.3 is 0 Å². The molecule has 106 valence electrons. The molecule has 0 atom stereocenters. The van der Waals surface area contributed by atoms with E-state index >= 15 is 0 Å². The van der Waals surface area contributed by atoms with Crippen molar-refractivity contribution in [2.75, 3.05) is 13.2 Å². The third-order valence-electron chi connectivity index (χ3n) is 2.50. The number of rotatable bonds is 9. The summed E-state index contributed by atoms with van der Waals surface area (Å²) >= 11 is 0. The van der Waals surface area contributed by atoms with Crippen LogP contribution in [0, 0.1) is 0 Å². The van der Waals surface area contributed by atoms with Gasteiger partial charge in [0.05, 0.1) is 11.8 Å². The molecule has 0 fully saturated rings. The van der Waals surface area contributed by atoms with Crippen LogP contribution in [0.1, 0.15) is 39.3 Å². The topological polar surface area (TPSA) is 39.1 Å². The van der Waals surface area contributed by atoms with Crippen LogP contribution in [0.3, 0.4) is 0 Å². The van der Waals surface area contributed by atoms with Gasteiger partial charge in [-0.1, -0.05) is 6.92 Å². The van der Waals surface area contributed by atoms with Crippen LogP contribution in [0.4, 0.5) is 0 Å². The third kappa shape index (κ3) is 6.99. The smallest absolute Gasteiger partial charge is 0.0522 e. The maximum Gasteiger partial charge on any atom is 0.0522 e. The minimum Gasteiger partial charge on any atom is -0.379 e. The fraction of sp³-hybridized carbons (Fsp3) is 0.769. The largest absolute Gasteiger partial charge is 0.379 e. The summed E-state index contributed by atoms with van der Waals surface area (Å²) in [6.45, 7) is 10.0. The molecule has 0 amide bonds. The van der Waals surface area contributed by atoms with Crippen LogP contribution in [-0.4, -0.2) is 29.0 Å². The van der Waals surface area contributed by atoms with E-state index in [1.807, 2.05) is 6.20 Å². The molecule has 0 aliphatic rings. The molecule has 0 bridgehead atoms. The Morgan fingerprint density at radius 2 is 2.22 bits per heavy atom. The number of hydrogen-bond acceptors (Lipinski definition) is 3. The second-order valence-corrected chi connectivity index (χ2v) is 4.50. The lowest BCUT2D eigenvalue weighted by atomic mass is 10.3. The van der Waals surface area contributed by atoms with E-state index in [-0.39, 0.29) is 12.4 Å². The van der Waals surface area contributed by atoms with E-state index in [0.717, 1.165) is 39.1 Å². The molecule has 0 aromatic carbocycles. The Labute approximate surface area is 117 Å². The zero-order valence-electron chi connectivity index (χ0n) is 11.7. The predicted molar refractivity (Wildman–Crippen MR) is 77.2 cm³/mol. The number of nitrogens with one attached hydrogen (secondary N) is 1. The Bertz CT molecular complexity index is 302. The van der Waals surface area contributed by atoms with Crippen molar-refractivity contribution in [2.24, 2.45) is 0 Å². The average molecular weight is 276 g/mol. The number of nitrogens with zero attached hydrogens (tertiary/aromatic N) is 2. The number of aromatic nitrogens is 2. The van der Waals surface area contributed by atoms with Crippen LogP contribution in [0.15, 0.2) is 12.3 Å². The van der Waals surface area contributed by atoms with Gasteiger partial charge in [0, 0.05) is 25.9 Å². The second kappa shape index (κ2) is 10.4. The first-order valence-corrected chi connectivity index (χ1v) is 6.57. The molecular formula is C13H26ClN3O. The Morgan fingerprint density at radius 1 is 1.44 bits per heavy atom. The highest BCUT2D eigenvalue weighted by Crippen LogP contribution is 1.99. The van der Waals surface area contributed by atoms with Gasteiger partial charge in [0.25, 0.3) is 0 Å². The highest BCUT2D eigenvalue weighted by Gasteiger charge is 2.00. The number of aryl methyl sites for hydroxylation is 1. The van der Waals surface area contributed by atoms with Crippen molar-refractivity contribution in [1.82, 2.24) is 15.1 Å². The van der Waals surface area contributed by atoms with Crippen LogP contribution < -0.4 is 5.32 Å². The Morgan fingerprint density at radius 3 is 2.89 bits per heavy atom. The molecule has 1 aromatic rings. The monoisotopic (exact) mass is 275 g/mol. The normalized spacial score (nSPS) is 10.7. The number of hydrogen-bond donors (Lipinski definition) is 1. The number of halogens is 1. The van der Waals surface area contributed by atoms with E-state index < -0.39 is 0 Å². The molecule has 0 aliphatic heterocycles. The lowest BCUT2D eigenvalue weighted by molar-refractivity contribution is 0.0770. The second-order valence-electron chi connectivity index (χ2n) is 4.50. The van der Waals surface area contributed by atoms with Gasteiger partial charge in [-0.25, -0.2) is 0 Å². The lowest BCUT2D eigenvalue weighted by Gasteiger charge is -2.09. The maximum atomic E-state index is 5.48. The summed E-state index contributed by atoms with van der Waals surface area (Å²) < 4.78 is 7.55. The summed E-state index contributed by atoms with van der Waals surface area (Å²) in [7, 11) is 0. The molecule has 0 spiro atoms. The SMILES string of the molecule is CCCn1nccc1CNCCCOC(C)C.Cl. The maximum absolute atomic E-state index is 5.48. The van der Waals surface area contributed by atoms with Gasteiger partial charge in [0.1, 0.15) is 0 Å². The van der Waals surface area contributed by atoms with Gasteiger partial charge in [0.15, 0.2) is 0 Å². The molecule has 1 aromatic heterocycles. The fourth-order valence-electron chi connectivity index (χ4n) is 1.66. The van der Waals surface area contributed by atoms with Crippen molar-refractivity contribution < 1.29 is 4.74 Å². The molecule has 0 saturated carbocycles. The molecule has 0 aliphatic carbocycles. The van der Waals surface area contributed by atoms with Crippen molar-refractivity contribution in [2.45, 2.75) is 52.8 Å². The Hall–Kier alpha value is -0.580. The van der Waals surface area contributed by atoms with Crippen LogP contribution in [0.2, 0.25) is 0 Å². The molecular weight excluding hydrogens is 250 g/mol. The summed E-state index contributed by atoms with van der Waals surface area (Å²) in [5, 5.41) is 7.72. The first-order valence-electron chi connectivity index (χ1n) is 6.57. The Kier molecular flexibility index (Phi) is 10.0. The van der Waals surface area contributed by atoms with E-state index in [4.69, 9.17) is 4.74 Å². The van der Waals surface area contributed by atoms with Crippen molar-refractivity contribution in [3.63, 3.8) is 0 Å². The van der Waals surface area contributed by atoms with E-state index in [1.54, 1.807) is 0 Å². The Balaban J connectivity index is 0.00000289. The summed E-state index contributed by atoms with van der Waals surface area (Å²) in [6.07, 6.45) is 4.38. The van der Waals surface area contributed by atoms with Gasteiger partial charge in [-0.3, -0.25) is 4.68 Å². The van der Waals surface area contributed by atoms with Crippen LogP contribution in [0.25, 0.3) is 0 Å². The first-order chi connectivity index (χ1) is 8.24. The summed E-state index contributed by atoms with van der Waals surface area (Å²) in [4.78, 5) is 0. The van der Waals surface area contributed by atoms with Crippen molar-refractivity contribution in [3.05, 3.63) is 18.0 Å². The zero-order valence-corrected chi connectivity index (χ0v) is 12.5. The third-order valence-corrected chi connectivity index (χ3v) is 2.50. The van der Waals surface area contributed by atoms with E-state index in [9.17, 15) is 0 Å². The van der Waals surface area contributed by atoms with Crippen LogP contribution in [0.5, 0.6) is 0 Å². The molecule has 1 heterocycles. The van der Waals surface area contributed by atoms with E-state index in [0.29, 0.717) is 6.10 Å². The van der Waals surface area contributed by atoms with Gasteiger partial charge in [0.2, 0.25) is 0 Å². The summed E-state index contributed by atoms with van der Waals surface area (Å²) in [5.41, 5.74) is 1.26. The van der Waals surface area contributed by atoms with E-state index in [1.165, 1.54) is 5.69 Å². The quantitative estimate of drug-likeness (QED) is 0.704. The molecule has 18 heavy (non-hydrogen) atoms. The highest BCUT2D eigenvalue weighted by molar-refractivity contribution is 5.85. The molecule has 0 radical (unpaired) electrons. The van der Waals surface area contributed by atoms with Gasteiger partial charge in [-0.05, 0) is 39.3 Å².